The molecule has 12 heteroatoms. The van der Waals surface area contributed by atoms with Crippen LogP contribution in [-0.2, 0) is 27.2 Å². The first-order valence-corrected chi connectivity index (χ1v) is 13.5. The van der Waals surface area contributed by atoms with Gasteiger partial charge in [-0.1, -0.05) is 67.9 Å². The lowest BCUT2D eigenvalue weighted by molar-refractivity contribution is -0.177. The summed E-state index contributed by atoms with van der Waals surface area (Å²) in [6, 6.07) is 12.7. The Hall–Kier alpha value is -4.12. The van der Waals surface area contributed by atoms with Gasteiger partial charge in [-0.15, -0.1) is 0 Å². The lowest BCUT2D eigenvalue weighted by Gasteiger charge is -2.26. The molecular formula is C30H30ClF3N4O4. The molecule has 0 unspecified atom stereocenters. The Labute approximate surface area is 246 Å². The molecule has 8 nitrogen and oxygen atoms in total. The van der Waals surface area contributed by atoms with Crippen LogP contribution in [0, 0.1) is 11.8 Å². The number of carbonyl (C=O) groups excluding carboxylic acids is 4. The number of aromatic nitrogens is 2. The molecule has 0 aliphatic heterocycles. The molecule has 0 bridgehead atoms. The van der Waals surface area contributed by atoms with Crippen LogP contribution in [0.25, 0.3) is 0 Å². The molecular weight excluding hydrogens is 573 g/mol. The van der Waals surface area contributed by atoms with Crippen molar-refractivity contribution in [1.29, 1.82) is 0 Å². The quantitative estimate of drug-likeness (QED) is 0.296. The Morgan fingerprint density at radius 2 is 1.48 bits per heavy atom. The number of alkyl halides is 3. The number of amides is 2. The van der Waals surface area contributed by atoms with Gasteiger partial charge in [0.2, 0.25) is 11.7 Å². The maximum absolute atomic E-state index is 13.6. The second kappa shape index (κ2) is 14.7. The van der Waals surface area contributed by atoms with Crippen LogP contribution in [0.2, 0.25) is 5.02 Å². The van der Waals surface area contributed by atoms with Crippen molar-refractivity contribution in [3.05, 3.63) is 95.0 Å². The number of halogens is 4. The molecule has 0 saturated carbocycles. The van der Waals surface area contributed by atoms with E-state index in [-0.39, 0.29) is 18.4 Å². The monoisotopic (exact) mass is 602 g/mol. The fraction of sp³-hybridized carbons (Fsp3) is 0.333. The number of ketones is 2. The maximum Gasteiger partial charge on any atom is 0.450 e. The molecule has 1 heterocycles. The van der Waals surface area contributed by atoms with E-state index in [1.165, 1.54) is 32.6 Å². The first-order valence-electron chi connectivity index (χ1n) is 13.1. The van der Waals surface area contributed by atoms with Gasteiger partial charge in [0.15, 0.2) is 5.78 Å². The first kappa shape index (κ1) is 32.4. The van der Waals surface area contributed by atoms with E-state index in [0.717, 1.165) is 0 Å². The lowest BCUT2D eigenvalue weighted by Crippen LogP contribution is -2.53. The Bertz CT molecular complexity index is 1390. The minimum atomic E-state index is -5.11. The average molecular weight is 603 g/mol. The molecule has 0 aliphatic rings. The number of nitrogens with one attached hydrogen (secondary N) is 2. The van der Waals surface area contributed by atoms with Gasteiger partial charge in [0, 0.05) is 36.2 Å². The fourth-order valence-corrected chi connectivity index (χ4v) is 4.55. The minimum Gasteiger partial charge on any atom is -0.344 e. The molecule has 42 heavy (non-hydrogen) atoms. The van der Waals surface area contributed by atoms with Crippen molar-refractivity contribution in [2.75, 3.05) is 0 Å². The number of hydrogen-bond acceptors (Lipinski definition) is 6. The van der Waals surface area contributed by atoms with Crippen molar-refractivity contribution in [2.45, 2.75) is 51.4 Å². The van der Waals surface area contributed by atoms with Crippen molar-refractivity contribution in [3.8, 4) is 0 Å². The van der Waals surface area contributed by atoms with Gasteiger partial charge in [0.25, 0.3) is 5.91 Å². The average Bonchev–Trinajstić information content (AvgIpc) is 2.95. The van der Waals surface area contributed by atoms with Gasteiger partial charge in [-0.05, 0) is 35.6 Å². The van der Waals surface area contributed by atoms with Crippen molar-refractivity contribution in [3.63, 3.8) is 0 Å². The number of hydrogen-bond donors (Lipinski definition) is 2. The highest BCUT2D eigenvalue weighted by Gasteiger charge is 2.45. The third kappa shape index (κ3) is 9.47. The molecule has 0 saturated heterocycles. The first-order chi connectivity index (χ1) is 19.8. The molecule has 2 amide bonds. The van der Waals surface area contributed by atoms with E-state index in [0.29, 0.717) is 16.1 Å². The summed E-state index contributed by atoms with van der Waals surface area (Å²) < 4.78 is 39.8. The fourth-order valence-electron chi connectivity index (χ4n) is 4.33. The van der Waals surface area contributed by atoms with Crippen LogP contribution in [0.1, 0.15) is 41.8 Å². The third-order valence-corrected chi connectivity index (χ3v) is 6.84. The Morgan fingerprint density at radius 3 is 2.07 bits per heavy atom. The predicted molar refractivity (Wildman–Crippen MR) is 150 cm³/mol. The van der Waals surface area contributed by atoms with Crippen LogP contribution < -0.4 is 10.6 Å². The molecule has 3 aromatic rings. The van der Waals surface area contributed by atoms with Crippen LogP contribution in [-0.4, -0.2) is 51.6 Å². The van der Waals surface area contributed by atoms with Crippen LogP contribution >= 0.6 is 11.6 Å². The van der Waals surface area contributed by atoms with Gasteiger partial charge in [0.05, 0.1) is 11.6 Å². The zero-order valence-electron chi connectivity index (χ0n) is 22.9. The van der Waals surface area contributed by atoms with E-state index in [9.17, 15) is 32.3 Å². The Morgan fingerprint density at radius 1 is 0.857 bits per heavy atom. The van der Waals surface area contributed by atoms with Crippen LogP contribution in [0.3, 0.4) is 0 Å². The molecule has 0 spiro atoms. The molecule has 2 aromatic carbocycles. The number of nitrogens with zero attached hydrogens (tertiary/aromatic N) is 2. The molecule has 1 aromatic heterocycles. The van der Waals surface area contributed by atoms with Gasteiger partial charge in [-0.2, -0.15) is 13.2 Å². The SMILES string of the molecule is CC(C)[C@H](CC(=O)[C@H](Cc1ccccc1)NC(=O)[C@H](Cc1cccc(Cl)c1)NC(=O)c1cncnc1)C(=O)C(F)(F)F. The Balaban J connectivity index is 1.90. The summed E-state index contributed by atoms with van der Waals surface area (Å²) in [7, 11) is 0. The molecule has 0 aliphatic carbocycles. The van der Waals surface area contributed by atoms with Crippen LogP contribution in [0.15, 0.2) is 73.3 Å². The van der Waals surface area contributed by atoms with E-state index in [1.807, 2.05) is 0 Å². The van der Waals surface area contributed by atoms with Crippen molar-refractivity contribution in [1.82, 2.24) is 20.6 Å². The minimum absolute atomic E-state index is 0.0146. The third-order valence-electron chi connectivity index (χ3n) is 6.60. The molecule has 3 atom stereocenters. The van der Waals surface area contributed by atoms with Gasteiger partial charge in [0.1, 0.15) is 12.4 Å². The number of carbonyl (C=O) groups is 4. The van der Waals surface area contributed by atoms with Gasteiger partial charge in [-0.25, -0.2) is 9.97 Å². The van der Waals surface area contributed by atoms with Crippen LogP contribution in [0.5, 0.6) is 0 Å². The molecule has 222 valence electrons. The highest BCUT2D eigenvalue weighted by atomic mass is 35.5. The van der Waals surface area contributed by atoms with Crippen LogP contribution in [0.4, 0.5) is 13.2 Å². The predicted octanol–water partition coefficient (Wildman–Crippen LogP) is 4.56. The number of rotatable bonds is 13. The van der Waals surface area contributed by atoms with E-state index in [2.05, 4.69) is 20.6 Å². The summed E-state index contributed by atoms with van der Waals surface area (Å²) in [5, 5.41) is 5.64. The van der Waals surface area contributed by atoms with Crippen molar-refractivity contribution < 1.29 is 32.3 Å². The summed E-state index contributed by atoms with van der Waals surface area (Å²) in [6.07, 6.45) is -2.12. The summed E-state index contributed by atoms with van der Waals surface area (Å²) in [5.74, 6) is -6.54. The summed E-state index contributed by atoms with van der Waals surface area (Å²) in [5.41, 5.74) is 1.33. The number of benzene rings is 2. The maximum atomic E-state index is 13.6. The van der Waals surface area contributed by atoms with Crippen molar-refractivity contribution >= 4 is 35.0 Å². The molecule has 3 rings (SSSR count). The summed E-state index contributed by atoms with van der Waals surface area (Å²) in [6.45, 7) is 2.85. The van der Waals surface area contributed by atoms with Crippen molar-refractivity contribution in [2.24, 2.45) is 11.8 Å². The van der Waals surface area contributed by atoms with E-state index in [4.69, 9.17) is 11.6 Å². The normalized spacial score (nSPS) is 13.6. The zero-order chi connectivity index (χ0) is 30.9. The number of Topliss-reactive ketones (excluding diaryl/α,β-unsaturated/α-hetero) is 2. The standard InChI is InChI=1S/C30H30ClF3N4O4/c1-18(2)23(27(40)30(32,33)34)14-26(39)24(12-19-7-4-3-5-8-19)37-29(42)25(13-20-9-6-10-22(31)11-20)38-28(41)21-15-35-17-36-16-21/h3-11,15-18,23-25H,12-14H2,1-2H3,(H,37,42)(H,38,41)/t23-,24-,25-/m0/s1. The highest BCUT2D eigenvalue weighted by Crippen LogP contribution is 2.28. The molecule has 0 fully saturated rings. The lowest BCUT2D eigenvalue weighted by atomic mass is 9.84. The van der Waals surface area contributed by atoms with Gasteiger partial charge < -0.3 is 10.6 Å². The highest BCUT2D eigenvalue weighted by molar-refractivity contribution is 6.30. The topological polar surface area (TPSA) is 118 Å². The molecule has 0 radical (unpaired) electrons. The Kier molecular flexibility index (Phi) is 11.3. The summed E-state index contributed by atoms with van der Waals surface area (Å²) in [4.78, 5) is 59.7. The second-order valence-electron chi connectivity index (χ2n) is 10.1. The molecule has 2 N–H and O–H groups in total. The zero-order valence-corrected chi connectivity index (χ0v) is 23.7. The second-order valence-corrected chi connectivity index (χ2v) is 10.6. The van der Waals surface area contributed by atoms with E-state index < -0.39 is 59.9 Å². The summed E-state index contributed by atoms with van der Waals surface area (Å²) >= 11 is 6.10. The smallest absolute Gasteiger partial charge is 0.344 e. The van der Waals surface area contributed by atoms with E-state index >= 15 is 0 Å². The van der Waals surface area contributed by atoms with Gasteiger partial charge in [-0.3, -0.25) is 19.2 Å². The van der Waals surface area contributed by atoms with Gasteiger partial charge >= 0.3 is 6.18 Å². The largest absolute Gasteiger partial charge is 0.450 e. The van der Waals surface area contributed by atoms with E-state index in [1.54, 1.807) is 54.6 Å².